The van der Waals surface area contributed by atoms with Crippen LogP contribution in [0, 0.1) is 5.92 Å². The maximum Gasteiger partial charge on any atom is 0.187 e. The molecule has 0 saturated carbocycles. The third-order valence-corrected chi connectivity index (χ3v) is 6.20. The van der Waals surface area contributed by atoms with Gasteiger partial charge >= 0.3 is 0 Å². The lowest BCUT2D eigenvalue weighted by Gasteiger charge is -2.40. The molecule has 3 heterocycles. The van der Waals surface area contributed by atoms with E-state index in [4.69, 9.17) is 23.7 Å². The lowest BCUT2D eigenvalue weighted by molar-refractivity contribution is -0.280. The van der Waals surface area contributed by atoms with Crippen LogP contribution in [0.5, 0.6) is 0 Å². The Kier molecular flexibility index (Phi) is 5.55. The summed E-state index contributed by atoms with van der Waals surface area (Å²) in [6.07, 6.45) is 0.0573. The van der Waals surface area contributed by atoms with Gasteiger partial charge in [-0.25, -0.2) is 0 Å². The summed E-state index contributed by atoms with van der Waals surface area (Å²) in [5.41, 5.74) is 0.420. The minimum Gasteiger partial charge on any atom is -0.394 e. The van der Waals surface area contributed by atoms with Crippen molar-refractivity contribution in [3.63, 3.8) is 0 Å². The van der Waals surface area contributed by atoms with Crippen LogP contribution < -0.4 is 0 Å². The van der Waals surface area contributed by atoms with Gasteiger partial charge in [0.15, 0.2) is 12.1 Å². The molecule has 3 saturated heterocycles. The Morgan fingerprint density at radius 1 is 1.11 bits per heavy atom. The molecule has 3 fully saturated rings. The molecule has 0 spiro atoms. The summed E-state index contributed by atoms with van der Waals surface area (Å²) in [6.45, 7) is 8.55. The molecule has 7 atom stereocenters. The third kappa shape index (κ3) is 3.51. The van der Waals surface area contributed by atoms with Gasteiger partial charge in [-0.2, -0.15) is 0 Å². The summed E-state index contributed by atoms with van der Waals surface area (Å²) >= 11 is 0. The second-order valence-electron chi connectivity index (χ2n) is 8.69. The Labute approximate surface area is 167 Å². The van der Waals surface area contributed by atoms with Crippen LogP contribution in [0.25, 0.3) is 0 Å². The van der Waals surface area contributed by atoms with Crippen molar-refractivity contribution >= 4 is 0 Å². The fourth-order valence-electron chi connectivity index (χ4n) is 4.96. The highest BCUT2D eigenvalue weighted by atomic mass is 16.8. The smallest absolute Gasteiger partial charge is 0.187 e. The van der Waals surface area contributed by atoms with Crippen molar-refractivity contribution < 1.29 is 28.8 Å². The first kappa shape index (κ1) is 20.3. The maximum atomic E-state index is 9.59. The normalized spacial score (nSPS) is 42.0. The SMILES string of the molecule is CC[C@]1([C@@H]2O[C@@H](CO)C[C@@H]2C)O[C@H](OCc2ccccc2)[C@H]2OC(C)(C)O[C@H]21. The fraction of sp³-hybridized carbons (Fsp3) is 0.727. The number of hydrogen-bond donors (Lipinski definition) is 1. The van der Waals surface area contributed by atoms with E-state index in [-0.39, 0.29) is 36.9 Å². The summed E-state index contributed by atoms with van der Waals surface area (Å²) < 4.78 is 31.5. The Morgan fingerprint density at radius 3 is 2.50 bits per heavy atom. The molecule has 6 nitrogen and oxygen atoms in total. The monoisotopic (exact) mass is 392 g/mol. The van der Waals surface area contributed by atoms with E-state index < -0.39 is 17.7 Å². The van der Waals surface area contributed by atoms with Crippen LogP contribution in [-0.4, -0.2) is 53.8 Å². The quantitative estimate of drug-likeness (QED) is 0.803. The van der Waals surface area contributed by atoms with Crippen molar-refractivity contribution in [2.75, 3.05) is 6.61 Å². The zero-order chi connectivity index (χ0) is 19.9. The van der Waals surface area contributed by atoms with Crippen LogP contribution in [0.15, 0.2) is 30.3 Å². The molecule has 0 bridgehead atoms. The average Bonchev–Trinajstić information content (AvgIpc) is 3.30. The molecule has 0 amide bonds. The lowest BCUT2D eigenvalue weighted by atomic mass is 9.81. The van der Waals surface area contributed by atoms with Crippen LogP contribution in [0.4, 0.5) is 0 Å². The Morgan fingerprint density at radius 2 is 1.86 bits per heavy atom. The molecule has 1 N–H and O–H groups in total. The van der Waals surface area contributed by atoms with Gasteiger partial charge in [-0.05, 0) is 38.2 Å². The van der Waals surface area contributed by atoms with Crippen LogP contribution in [0.3, 0.4) is 0 Å². The maximum absolute atomic E-state index is 9.59. The second-order valence-corrected chi connectivity index (χ2v) is 8.69. The fourth-order valence-corrected chi connectivity index (χ4v) is 4.96. The standard InChI is InChI=1S/C22H32O6/c1-5-22(18-14(2)11-16(12-23)25-18)19-17(26-21(3,4)27-19)20(28-22)24-13-15-9-7-6-8-10-15/h6-10,14,16-20,23H,5,11-13H2,1-4H3/t14-,16+,17-,18+,19+,20-,22+/m0/s1. The van der Waals surface area contributed by atoms with E-state index >= 15 is 0 Å². The zero-order valence-electron chi connectivity index (χ0n) is 17.2. The van der Waals surface area contributed by atoms with Crippen molar-refractivity contribution in [3.05, 3.63) is 35.9 Å². The van der Waals surface area contributed by atoms with E-state index in [0.29, 0.717) is 13.0 Å². The van der Waals surface area contributed by atoms with Gasteiger partial charge in [-0.15, -0.1) is 0 Å². The lowest BCUT2D eigenvalue weighted by Crippen LogP contribution is -2.54. The summed E-state index contributed by atoms with van der Waals surface area (Å²) in [4.78, 5) is 0. The molecule has 1 aromatic carbocycles. The van der Waals surface area contributed by atoms with Crippen molar-refractivity contribution in [2.45, 2.75) is 89.2 Å². The molecular weight excluding hydrogens is 360 g/mol. The Bertz CT molecular complexity index is 664. The minimum atomic E-state index is -0.702. The van der Waals surface area contributed by atoms with E-state index in [1.165, 1.54) is 0 Å². The van der Waals surface area contributed by atoms with E-state index in [2.05, 4.69) is 13.8 Å². The van der Waals surface area contributed by atoms with E-state index in [1.54, 1.807) is 0 Å². The van der Waals surface area contributed by atoms with E-state index in [9.17, 15) is 5.11 Å². The van der Waals surface area contributed by atoms with Gasteiger partial charge in [0.05, 0.1) is 25.4 Å². The van der Waals surface area contributed by atoms with Gasteiger partial charge in [0, 0.05) is 0 Å². The molecule has 0 unspecified atom stereocenters. The van der Waals surface area contributed by atoms with E-state index in [0.717, 1.165) is 12.0 Å². The number of aliphatic hydroxyl groups excluding tert-OH is 1. The van der Waals surface area contributed by atoms with Crippen molar-refractivity contribution in [3.8, 4) is 0 Å². The summed E-state index contributed by atoms with van der Waals surface area (Å²) in [5, 5.41) is 9.59. The van der Waals surface area contributed by atoms with Crippen molar-refractivity contribution in [2.24, 2.45) is 5.92 Å². The highest BCUT2D eigenvalue weighted by Crippen LogP contribution is 2.51. The first-order chi connectivity index (χ1) is 13.4. The number of benzene rings is 1. The topological polar surface area (TPSA) is 66.4 Å². The number of rotatable bonds is 6. The van der Waals surface area contributed by atoms with Gasteiger partial charge in [-0.3, -0.25) is 0 Å². The Hall–Kier alpha value is -1.02. The van der Waals surface area contributed by atoms with Gasteiger partial charge in [-0.1, -0.05) is 44.2 Å². The molecule has 156 valence electrons. The molecule has 0 aliphatic carbocycles. The number of fused-ring (bicyclic) bond motifs is 1. The predicted octanol–water partition coefficient (Wildman–Crippen LogP) is 3.01. The summed E-state index contributed by atoms with van der Waals surface area (Å²) in [6, 6.07) is 10.0. The minimum absolute atomic E-state index is 0.0194. The second kappa shape index (κ2) is 7.67. The van der Waals surface area contributed by atoms with Crippen LogP contribution in [-0.2, 0) is 30.3 Å². The summed E-state index contributed by atoms with van der Waals surface area (Å²) in [5.74, 6) is -0.454. The highest BCUT2D eigenvalue weighted by Gasteiger charge is 2.67. The van der Waals surface area contributed by atoms with Gasteiger partial charge in [0.25, 0.3) is 0 Å². The first-order valence-corrected chi connectivity index (χ1v) is 10.3. The molecule has 4 rings (SSSR count). The highest BCUT2D eigenvalue weighted by molar-refractivity contribution is 5.14. The molecule has 1 aromatic rings. The van der Waals surface area contributed by atoms with Crippen molar-refractivity contribution in [1.82, 2.24) is 0 Å². The van der Waals surface area contributed by atoms with Gasteiger partial charge < -0.3 is 28.8 Å². The van der Waals surface area contributed by atoms with Gasteiger partial charge in [0.2, 0.25) is 0 Å². The zero-order valence-corrected chi connectivity index (χ0v) is 17.2. The van der Waals surface area contributed by atoms with Gasteiger partial charge in [0.1, 0.15) is 17.8 Å². The number of hydrogen-bond acceptors (Lipinski definition) is 6. The molecule has 0 radical (unpaired) electrons. The molecule has 28 heavy (non-hydrogen) atoms. The number of aliphatic hydroxyl groups is 1. The van der Waals surface area contributed by atoms with Crippen LogP contribution in [0.2, 0.25) is 0 Å². The average molecular weight is 392 g/mol. The summed E-state index contributed by atoms with van der Waals surface area (Å²) in [7, 11) is 0. The molecule has 6 heteroatoms. The van der Waals surface area contributed by atoms with E-state index in [1.807, 2.05) is 44.2 Å². The molecular formula is C22H32O6. The Balaban J connectivity index is 1.58. The van der Waals surface area contributed by atoms with Crippen LogP contribution in [0.1, 0.15) is 46.1 Å². The molecule has 3 aliphatic rings. The largest absolute Gasteiger partial charge is 0.394 e. The first-order valence-electron chi connectivity index (χ1n) is 10.3. The molecule has 3 aliphatic heterocycles. The van der Waals surface area contributed by atoms with Crippen LogP contribution >= 0.6 is 0 Å². The molecule has 0 aromatic heterocycles. The predicted molar refractivity (Wildman–Crippen MR) is 102 cm³/mol. The number of ether oxygens (including phenoxy) is 5. The third-order valence-electron chi connectivity index (χ3n) is 6.20. The van der Waals surface area contributed by atoms with Crippen molar-refractivity contribution in [1.29, 1.82) is 0 Å².